The van der Waals surface area contributed by atoms with Crippen LogP contribution in [0.5, 0.6) is 5.75 Å². The lowest BCUT2D eigenvalue weighted by Gasteiger charge is -2.31. The maximum absolute atomic E-state index is 15.2. The van der Waals surface area contributed by atoms with Gasteiger partial charge in [0.1, 0.15) is 17.8 Å². The number of benzene rings is 3. The van der Waals surface area contributed by atoms with Crippen LogP contribution in [0.3, 0.4) is 0 Å². The second-order valence-electron chi connectivity index (χ2n) is 12.0. The minimum Gasteiger partial charge on any atom is -0.465 e. The summed E-state index contributed by atoms with van der Waals surface area (Å²) in [7, 11) is 2.88. The lowest BCUT2D eigenvalue weighted by atomic mass is 10.0. The van der Waals surface area contributed by atoms with E-state index in [9.17, 15) is 23.2 Å². The molecule has 48 heavy (non-hydrogen) atoms. The third kappa shape index (κ3) is 5.64. The van der Waals surface area contributed by atoms with Crippen molar-refractivity contribution < 1.29 is 41.4 Å². The molecule has 4 aromatic rings. The van der Waals surface area contributed by atoms with Gasteiger partial charge in [0.2, 0.25) is 18.0 Å². The van der Waals surface area contributed by atoms with Crippen LogP contribution < -0.4 is 20.7 Å². The summed E-state index contributed by atoms with van der Waals surface area (Å²) < 4.78 is 71.3. The topological polar surface area (TPSA) is 114 Å². The Morgan fingerprint density at radius 1 is 0.958 bits per heavy atom. The van der Waals surface area contributed by atoms with E-state index in [1.54, 1.807) is 63.4 Å². The summed E-state index contributed by atoms with van der Waals surface area (Å²) in [5.74, 6) is -7.17. The number of amides is 3. The lowest BCUT2D eigenvalue weighted by molar-refractivity contribution is -0.139. The molecule has 0 radical (unpaired) electrons. The average molecular weight is 668 g/mol. The number of fused-ring (bicyclic) bond motifs is 5. The Morgan fingerprint density at radius 2 is 1.67 bits per heavy atom. The zero-order chi connectivity index (χ0) is 34.4. The molecule has 0 saturated carbocycles. The van der Waals surface area contributed by atoms with Crippen molar-refractivity contribution in [3.8, 4) is 17.0 Å². The van der Waals surface area contributed by atoms with Crippen molar-refractivity contribution in [1.29, 1.82) is 0 Å². The molecule has 1 aromatic heterocycles. The number of anilines is 2. The Hall–Kier alpha value is -5.27. The number of alkyl carbamates (subject to hydrolysis) is 1. The average Bonchev–Trinajstić information content (AvgIpc) is 3.71. The Labute approximate surface area is 273 Å². The van der Waals surface area contributed by atoms with Gasteiger partial charge in [-0.1, -0.05) is 13.8 Å². The first kappa shape index (κ1) is 32.7. The number of ether oxygens (including phenoxy) is 2. The highest BCUT2D eigenvalue weighted by Gasteiger charge is 2.39. The van der Waals surface area contributed by atoms with Gasteiger partial charge < -0.3 is 34.9 Å². The van der Waals surface area contributed by atoms with E-state index in [1.165, 1.54) is 16.6 Å². The summed E-state index contributed by atoms with van der Waals surface area (Å²) in [6.07, 6.45) is -1.37. The summed E-state index contributed by atoms with van der Waals surface area (Å²) in [5.41, 5.74) is 1.50. The molecule has 3 unspecified atom stereocenters. The van der Waals surface area contributed by atoms with E-state index in [4.69, 9.17) is 4.74 Å². The van der Waals surface area contributed by atoms with E-state index in [0.29, 0.717) is 52.9 Å². The molecule has 3 heterocycles. The van der Waals surface area contributed by atoms with Crippen LogP contribution in [0.15, 0.2) is 48.5 Å². The van der Waals surface area contributed by atoms with E-state index >= 15 is 8.78 Å². The second-order valence-corrected chi connectivity index (χ2v) is 12.0. The van der Waals surface area contributed by atoms with Crippen LogP contribution in [0.25, 0.3) is 22.2 Å². The van der Waals surface area contributed by atoms with Crippen LogP contribution in [0.1, 0.15) is 38.5 Å². The van der Waals surface area contributed by atoms with Crippen molar-refractivity contribution in [2.75, 3.05) is 31.3 Å². The van der Waals surface area contributed by atoms with E-state index < -0.39 is 65.1 Å². The van der Waals surface area contributed by atoms with Crippen molar-refractivity contribution in [3.63, 3.8) is 0 Å². The first-order valence-electron chi connectivity index (χ1n) is 15.4. The third-order valence-electron chi connectivity index (χ3n) is 8.75. The number of hydrogen-bond donors (Lipinski definition) is 3. The van der Waals surface area contributed by atoms with E-state index in [0.717, 1.165) is 0 Å². The monoisotopic (exact) mass is 667 g/mol. The Bertz CT molecular complexity index is 1920. The molecule has 3 N–H and O–H groups in total. The fourth-order valence-electron chi connectivity index (χ4n) is 6.34. The number of carbonyl (C=O) groups excluding carboxylic acids is 3. The smallest absolute Gasteiger partial charge is 0.407 e. The van der Waals surface area contributed by atoms with E-state index in [2.05, 4.69) is 20.7 Å². The molecule has 2 aliphatic rings. The molecule has 1 fully saturated rings. The minimum atomic E-state index is -1.62. The predicted molar refractivity (Wildman–Crippen MR) is 169 cm³/mol. The molecule has 0 aliphatic carbocycles. The largest absolute Gasteiger partial charge is 0.465 e. The van der Waals surface area contributed by atoms with Gasteiger partial charge in [0.15, 0.2) is 23.3 Å². The van der Waals surface area contributed by atoms with Gasteiger partial charge in [-0.3, -0.25) is 9.59 Å². The molecule has 6 rings (SSSR count). The van der Waals surface area contributed by atoms with Gasteiger partial charge in [0.25, 0.3) is 0 Å². The third-order valence-corrected chi connectivity index (χ3v) is 8.75. The molecule has 252 valence electrons. The molecule has 3 atom stereocenters. The van der Waals surface area contributed by atoms with E-state index in [-0.39, 0.29) is 17.7 Å². The molecule has 10 nitrogen and oxygen atoms in total. The number of methoxy groups -OCH3 is 1. The summed E-state index contributed by atoms with van der Waals surface area (Å²) >= 11 is 0. The van der Waals surface area contributed by atoms with E-state index in [1.807, 2.05) is 0 Å². The fourth-order valence-corrected chi connectivity index (χ4v) is 6.34. The van der Waals surface area contributed by atoms with Crippen molar-refractivity contribution in [3.05, 3.63) is 77.4 Å². The summed E-state index contributed by atoms with van der Waals surface area (Å²) in [6.45, 7) is 3.88. The molecule has 1 saturated heterocycles. The van der Waals surface area contributed by atoms with Crippen LogP contribution in [0.4, 0.5) is 33.7 Å². The number of nitrogens with one attached hydrogen (secondary N) is 3. The number of halogens is 4. The maximum atomic E-state index is 15.2. The zero-order valence-corrected chi connectivity index (χ0v) is 26.5. The first-order valence-corrected chi connectivity index (χ1v) is 15.4. The molecule has 0 bridgehead atoms. The molecule has 3 aromatic carbocycles. The highest BCUT2D eigenvalue weighted by atomic mass is 19.2. The SMILES string of the molecule is CNc1ccc2c(c1)OC(c1c(F)c(F)cc(F)c1F)n1c-2cc2cc(NC(=O)C3CCCN3C(=O)C(NC(=O)OC)C(C)C)ccc21. The van der Waals surface area contributed by atoms with Gasteiger partial charge in [-0.05, 0) is 55.2 Å². The van der Waals surface area contributed by atoms with Gasteiger partial charge in [0, 0.05) is 48.0 Å². The quantitative estimate of drug-likeness (QED) is 0.161. The van der Waals surface area contributed by atoms with Crippen LogP contribution >= 0.6 is 0 Å². The minimum absolute atomic E-state index is 0.144. The number of nitrogens with zero attached hydrogens (tertiary/aromatic N) is 2. The number of hydrogen-bond acceptors (Lipinski definition) is 6. The van der Waals surface area contributed by atoms with Crippen molar-refractivity contribution in [2.24, 2.45) is 5.92 Å². The van der Waals surface area contributed by atoms with Crippen molar-refractivity contribution in [2.45, 2.75) is 45.0 Å². The highest BCUT2D eigenvalue weighted by molar-refractivity contribution is 6.00. The second kappa shape index (κ2) is 12.7. The fraction of sp³-hybridized carbons (Fsp3) is 0.324. The van der Waals surface area contributed by atoms with Crippen LogP contribution in [0.2, 0.25) is 0 Å². The van der Waals surface area contributed by atoms with Gasteiger partial charge >= 0.3 is 6.09 Å². The van der Waals surface area contributed by atoms with Gasteiger partial charge in [-0.15, -0.1) is 0 Å². The van der Waals surface area contributed by atoms with Crippen LogP contribution in [-0.4, -0.2) is 60.2 Å². The Balaban J connectivity index is 1.35. The molecule has 14 heteroatoms. The Morgan fingerprint density at radius 3 is 2.33 bits per heavy atom. The zero-order valence-electron chi connectivity index (χ0n) is 26.5. The summed E-state index contributed by atoms with van der Waals surface area (Å²) in [6, 6.07) is 10.1. The van der Waals surface area contributed by atoms with Crippen molar-refractivity contribution >= 4 is 40.2 Å². The Kier molecular flexibility index (Phi) is 8.67. The lowest BCUT2D eigenvalue weighted by Crippen LogP contribution is -2.54. The summed E-state index contributed by atoms with van der Waals surface area (Å²) in [4.78, 5) is 40.3. The standard InChI is InChI=1S/C34H33F4N5O5/c1-16(2)30(41-34(46)47-4)32(45)42-11-5-6-24(42)31(44)40-19-8-10-23-17(12-19)13-25-20-9-7-18(39-3)14-26(20)48-33(43(23)25)27-28(37)21(35)15-22(36)29(27)38/h7-10,12-16,24,30,33,39H,5-6,11H2,1-4H3,(H,40,44)(H,41,46). The predicted octanol–water partition coefficient (Wildman–Crippen LogP) is 6.16. The number of aromatic nitrogens is 1. The number of likely N-dealkylation sites (tertiary alicyclic amines) is 1. The maximum Gasteiger partial charge on any atom is 0.407 e. The molecular weight excluding hydrogens is 634 g/mol. The summed E-state index contributed by atoms with van der Waals surface area (Å²) in [5, 5.41) is 8.90. The van der Waals surface area contributed by atoms with Gasteiger partial charge in [-0.25, -0.2) is 22.4 Å². The van der Waals surface area contributed by atoms with Crippen LogP contribution in [-0.2, 0) is 14.3 Å². The normalized spacial score (nSPS) is 17.4. The first-order chi connectivity index (χ1) is 22.9. The highest BCUT2D eigenvalue weighted by Crippen LogP contribution is 2.46. The molecular formula is C34H33F4N5O5. The molecule has 2 aliphatic heterocycles. The molecule has 0 spiro atoms. The number of rotatable bonds is 7. The number of carbonyl (C=O) groups is 3. The molecule has 3 amide bonds. The van der Waals surface area contributed by atoms with Crippen LogP contribution in [0, 0.1) is 29.2 Å². The van der Waals surface area contributed by atoms with Crippen molar-refractivity contribution in [1.82, 2.24) is 14.8 Å². The van der Waals surface area contributed by atoms with Gasteiger partial charge in [0.05, 0.1) is 23.9 Å². The van der Waals surface area contributed by atoms with Gasteiger partial charge in [-0.2, -0.15) is 0 Å².